The van der Waals surface area contributed by atoms with Crippen molar-refractivity contribution in [1.82, 2.24) is 10.2 Å². The summed E-state index contributed by atoms with van der Waals surface area (Å²) in [4.78, 5) is 2.52. The van der Waals surface area contributed by atoms with Crippen LogP contribution < -0.4 is 5.32 Å². The number of hydrogen-bond donors (Lipinski definition) is 1. The second kappa shape index (κ2) is 6.49. The van der Waals surface area contributed by atoms with E-state index < -0.39 is 0 Å². The van der Waals surface area contributed by atoms with Gasteiger partial charge < -0.3 is 10.2 Å². The zero-order valence-corrected chi connectivity index (χ0v) is 10.9. The molecule has 0 aromatic heterocycles. The van der Waals surface area contributed by atoms with Crippen molar-refractivity contribution in [3.8, 4) is 0 Å². The maximum atomic E-state index is 3.34. The first kappa shape index (κ1) is 13.0. The first-order valence-corrected chi connectivity index (χ1v) is 6.52. The highest BCUT2D eigenvalue weighted by atomic mass is 15.2. The average molecular weight is 212 g/mol. The third-order valence-electron chi connectivity index (χ3n) is 4.15. The highest BCUT2D eigenvalue weighted by molar-refractivity contribution is 4.77. The molecule has 0 radical (unpaired) electrons. The van der Waals surface area contributed by atoms with Gasteiger partial charge in [0.1, 0.15) is 0 Å². The van der Waals surface area contributed by atoms with Crippen molar-refractivity contribution in [2.75, 3.05) is 20.6 Å². The molecule has 1 fully saturated rings. The van der Waals surface area contributed by atoms with Crippen LogP contribution >= 0.6 is 0 Å². The Kier molecular flexibility index (Phi) is 5.62. The van der Waals surface area contributed by atoms with E-state index in [-0.39, 0.29) is 0 Å². The van der Waals surface area contributed by atoms with E-state index in [4.69, 9.17) is 0 Å². The van der Waals surface area contributed by atoms with E-state index in [1.165, 1.54) is 38.6 Å². The Morgan fingerprint density at radius 1 is 1.20 bits per heavy atom. The third-order valence-corrected chi connectivity index (χ3v) is 4.15. The average Bonchev–Trinajstić information content (AvgIpc) is 2.28. The summed E-state index contributed by atoms with van der Waals surface area (Å²) in [5.74, 6) is 0.954. The molecule has 0 aromatic rings. The van der Waals surface area contributed by atoms with Gasteiger partial charge in [0.2, 0.25) is 0 Å². The molecule has 1 rings (SSSR count). The van der Waals surface area contributed by atoms with E-state index in [0.717, 1.165) is 5.92 Å². The summed E-state index contributed by atoms with van der Waals surface area (Å²) in [6.07, 6.45) is 7.27. The summed E-state index contributed by atoms with van der Waals surface area (Å²) in [5.41, 5.74) is 0. The van der Waals surface area contributed by atoms with Crippen LogP contribution in [-0.4, -0.2) is 37.6 Å². The zero-order valence-electron chi connectivity index (χ0n) is 10.9. The normalized spacial score (nSPS) is 23.0. The lowest BCUT2D eigenvalue weighted by atomic mass is 9.88. The Morgan fingerprint density at radius 3 is 2.33 bits per heavy atom. The first-order chi connectivity index (χ1) is 7.15. The molecule has 1 aliphatic rings. The van der Waals surface area contributed by atoms with Crippen LogP contribution in [0.5, 0.6) is 0 Å². The van der Waals surface area contributed by atoms with E-state index in [1.807, 2.05) is 0 Å². The fraction of sp³-hybridized carbons (Fsp3) is 1.00. The fourth-order valence-corrected chi connectivity index (χ4v) is 2.57. The van der Waals surface area contributed by atoms with Crippen LogP contribution in [-0.2, 0) is 0 Å². The lowest BCUT2D eigenvalue weighted by molar-refractivity contribution is 0.168. The maximum absolute atomic E-state index is 3.34. The van der Waals surface area contributed by atoms with Crippen LogP contribution in [0.1, 0.15) is 46.0 Å². The van der Waals surface area contributed by atoms with Crippen molar-refractivity contribution in [3.63, 3.8) is 0 Å². The van der Waals surface area contributed by atoms with E-state index in [9.17, 15) is 0 Å². The smallest absolute Gasteiger partial charge is 0.0215 e. The highest BCUT2D eigenvalue weighted by Crippen LogP contribution is 2.24. The van der Waals surface area contributed by atoms with Crippen molar-refractivity contribution in [2.24, 2.45) is 5.92 Å². The predicted molar refractivity (Wildman–Crippen MR) is 67.2 cm³/mol. The zero-order chi connectivity index (χ0) is 11.3. The minimum Gasteiger partial charge on any atom is -0.316 e. The number of rotatable bonds is 5. The molecule has 90 valence electrons. The summed E-state index contributed by atoms with van der Waals surface area (Å²) < 4.78 is 0. The third kappa shape index (κ3) is 4.12. The Morgan fingerprint density at radius 2 is 1.80 bits per heavy atom. The second-order valence-electron chi connectivity index (χ2n) is 5.26. The van der Waals surface area contributed by atoms with Gasteiger partial charge in [-0.25, -0.2) is 0 Å². The van der Waals surface area contributed by atoms with Crippen LogP contribution in [0.15, 0.2) is 0 Å². The monoisotopic (exact) mass is 212 g/mol. The Bertz CT molecular complexity index is 164. The molecule has 1 saturated carbocycles. The molecule has 0 spiro atoms. The SMILES string of the molecule is CNC(C)C(C)N(C)CC1CCCCC1. The molecular weight excluding hydrogens is 184 g/mol. The summed E-state index contributed by atoms with van der Waals surface area (Å²) in [7, 11) is 4.32. The summed E-state index contributed by atoms with van der Waals surface area (Å²) in [6, 6.07) is 1.22. The van der Waals surface area contributed by atoms with Crippen molar-refractivity contribution >= 4 is 0 Å². The van der Waals surface area contributed by atoms with E-state index in [1.54, 1.807) is 0 Å². The van der Waals surface area contributed by atoms with Crippen molar-refractivity contribution in [1.29, 1.82) is 0 Å². The molecule has 0 aliphatic heterocycles. The molecule has 0 bridgehead atoms. The molecule has 1 aliphatic carbocycles. The molecule has 0 saturated heterocycles. The van der Waals surface area contributed by atoms with Gasteiger partial charge in [0.05, 0.1) is 0 Å². The Labute approximate surface area is 95.4 Å². The quantitative estimate of drug-likeness (QED) is 0.753. The largest absolute Gasteiger partial charge is 0.316 e. The predicted octanol–water partition coefficient (Wildman–Crippen LogP) is 2.49. The van der Waals surface area contributed by atoms with Crippen LogP contribution in [0.2, 0.25) is 0 Å². The molecular formula is C13H28N2. The molecule has 0 aromatic carbocycles. The van der Waals surface area contributed by atoms with E-state index in [2.05, 4.69) is 38.2 Å². The van der Waals surface area contributed by atoms with Crippen molar-refractivity contribution in [3.05, 3.63) is 0 Å². The van der Waals surface area contributed by atoms with Gasteiger partial charge in [-0.2, -0.15) is 0 Å². The second-order valence-corrected chi connectivity index (χ2v) is 5.26. The Hall–Kier alpha value is -0.0800. The molecule has 1 N–H and O–H groups in total. The van der Waals surface area contributed by atoms with E-state index >= 15 is 0 Å². The minimum atomic E-state index is 0.582. The number of nitrogens with zero attached hydrogens (tertiary/aromatic N) is 1. The number of nitrogens with one attached hydrogen (secondary N) is 1. The van der Waals surface area contributed by atoms with Crippen LogP contribution in [0.3, 0.4) is 0 Å². The van der Waals surface area contributed by atoms with Crippen LogP contribution in [0, 0.1) is 5.92 Å². The first-order valence-electron chi connectivity index (χ1n) is 6.52. The summed E-state index contributed by atoms with van der Waals surface area (Å²) in [6.45, 7) is 5.87. The number of hydrogen-bond acceptors (Lipinski definition) is 2. The van der Waals surface area contributed by atoms with Crippen LogP contribution in [0.25, 0.3) is 0 Å². The molecule has 2 heteroatoms. The van der Waals surface area contributed by atoms with Gasteiger partial charge in [-0.3, -0.25) is 0 Å². The molecule has 2 unspecified atom stereocenters. The molecule has 0 amide bonds. The van der Waals surface area contributed by atoms with Gasteiger partial charge in [-0.1, -0.05) is 19.3 Å². The van der Waals surface area contributed by atoms with Crippen molar-refractivity contribution < 1.29 is 0 Å². The Balaban J connectivity index is 2.29. The van der Waals surface area contributed by atoms with Gasteiger partial charge >= 0.3 is 0 Å². The lowest BCUT2D eigenvalue weighted by Gasteiger charge is -2.33. The van der Waals surface area contributed by atoms with Gasteiger partial charge in [0.15, 0.2) is 0 Å². The summed E-state index contributed by atoms with van der Waals surface area (Å²) in [5, 5.41) is 3.34. The van der Waals surface area contributed by atoms with Crippen LogP contribution in [0.4, 0.5) is 0 Å². The minimum absolute atomic E-state index is 0.582. The van der Waals surface area contributed by atoms with E-state index in [0.29, 0.717) is 12.1 Å². The van der Waals surface area contributed by atoms with Gasteiger partial charge in [0.25, 0.3) is 0 Å². The highest BCUT2D eigenvalue weighted by Gasteiger charge is 2.20. The standard InChI is InChI=1S/C13H28N2/c1-11(14-3)12(2)15(4)10-13-8-6-5-7-9-13/h11-14H,5-10H2,1-4H3. The number of likely N-dealkylation sites (N-methyl/N-ethyl adjacent to an activating group) is 2. The summed E-state index contributed by atoms with van der Waals surface area (Å²) >= 11 is 0. The topological polar surface area (TPSA) is 15.3 Å². The lowest BCUT2D eigenvalue weighted by Crippen LogP contribution is -2.45. The van der Waals surface area contributed by atoms with Crippen molar-refractivity contribution in [2.45, 2.75) is 58.0 Å². The maximum Gasteiger partial charge on any atom is 0.0215 e. The molecule has 2 atom stereocenters. The van der Waals surface area contributed by atoms with Gasteiger partial charge in [-0.05, 0) is 46.7 Å². The van der Waals surface area contributed by atoms with Gasteiger partial charge in [-0.15, -0.1) is 0 Å². The van der Waals surface area contributed by atoms with Gasteiger partial charge in [0, 0.05) is 18.6 Å². The molecule has 2 nitrogen and oxygen atoms in total. The molecule has 0 heterocycles. The fourth-order valence-electron chi connectivity index (χ4n) is 2.57. The molecule has 15 heavy (non-hydrogen) atoms.